The maximum atomic E-state index is 12.5. The lowest BCUT2D eigenvalue weighted by atomic mass is 9.98. The molecule has 2 fully saturated rings. The number of sulfonamides is 1. The molecule has 1 amide bonds. The van der Waals surface area contributed by atoms with Crippen molar-refractivity contribution in [1.29, 1.82) is 0 Å². The lowest BCUT2D eigenvalue weighted by Gasteiger charge is -2.30. The van der Waals surface area contributed by atoms with Crippen molar-refractivity contribution in [3.8, 4) is 0 Å². The van der Waals surface area contributed by atoms with E-state index in [0.29, 0.717) is 19.6 Å². The largest absolute Gasteiger partial charge is 0.352 e. The van der Waals surface area contributed by atoms with Crippen LogP contribution in [-0.2, 0) is 27.9 Å². The molecular weight excluding hydrogens is 350 g/mol. The van der Waals surface area contributed by atoms with Crippen LogP contribution in [0, 0.1) is 5.92 Å². The summed E-state index contributed by atoms with van der Waals surface area (Å²) < 4.78 is 24.8. The van der Waals surface area contributed by atoms with Crippen molar-refractivity contribution >= 4 is 15.9 Å². The van der Waals surface area contributed by atoms with Gasteiger partial charge in [-0.2, -0.15) is 0 Å². The minimum absolute atomic E-state index is 0.0525. The Balaban J connectivity index is 1.52. The van der Waals surface area contributed by atoms with E-state index in [1.54, 1.807) is 0 Å². The molecule has 1 N–H and O–H groups in total. The van der Waals surface area contributed by atoms with Gasteiger partial charge in [-0.1, -0.05) is 24.3 Å². The van der Waals surface area contributed by atoms with Crippen LogP contribution in [0.1, 0.15) is 36.8 Å². The summed E-state index contributed by atoms with van der Waals surface area (Å²) in [4.78, 5) is 14.9. The van der Waals surface area contributed by atoms with Crippen molar-refractivity contribution in [2.24, 2.45) is 5.92 Å². The smallest absolute Gasteiger partial charge is 0.224 e. The molecule has 3 rings (SSSR count). The Morgan fingerprint density at radius 1 is 1.15 bits per heavy atom. The number of amides is 1. The van der Waals surface area contributed by atoms with Gasteiger partial charge in [0.15, 0.2) is 0 Å². The van der Waals surface area contributed by atoms with Gasteiger partial charge in [0.2, 0.25) is 15.9 Å². The number of likely N-dealkylation sites (tertiary alicyclic amines) is 1. The summed E-state index contributed by atoms with van der Waals surface area (Å²) >= 11 is 0. The Morgan fingerprint density at radius 3 is 2.62 bits per heavy atom. The summed E-state index contributed by atoms with van der Waals surface area (Å²) in [6.07, 6.45) is 5.24. The van der Waals surface area contributed by atoms with E-state index in [1.807, 2.05) is 12.1 Å². The number of carbonyl (C=O) groups excluding carboxylic acids is 1. The molecule has 0 saturated carbocycles. The second-order valence-corrected chi connectivity index (χ2v) is 9.46. The molecule has 2 saturated heterocycles. The van der Waals surface area contributed by atoms with Crippen molar-refractivity contribution < 1.29 is 13.2 Å². The number of piperidine rings is 1. The van der Waals surface area contributed by atoms with Crippen LogP contribution in [0.2, 0.25) is 0 Å². The van der Waals surface area contributed by atoms with Gasteiger partial charge in [0.05, 0.1) is 12.2 Å². The number of rotatable bonds is 6. The predicted octanol–water partition coefficient (Wildman–Crippen LogP) is 1.57. The zero-order valence-electron chi connectivity index (χ0n) is 15.5. The standard InChI is InChI=1S/C19H29N3O3S/c1-26(24,25)22-11-5-8-18(15-22)19(23)20-13-16-6-4-7-17(12-16)14-21-9-2-3-10-21/h4,6-7,12,18H,2-3,5,8-11,13-15H2,1H3,(H,20,23)/t18-/m0/s1. The van der Waals surface area contributed by atoms with Gasteiger partial charge in [-0.15, -0.1) is 0 Å². The molecule has 1 aromatic rings. The van der Waals surface area contributed by atoms with Crippen molar-refractivity contribution in [2.75, 3.05) is 32.4 Å². The maximum Gasteiger partial charge on any atom is 0.224 e. The van der Waals surface area contributed by atoms with Crippen LogP contribution in [0.4, 0.5) is 0 Å². The fourth-order valence-corrected chi connectivity index (χ4v) is 4.74. The molecule has 2 heterocycles. The second-order valence-electron chi connectivity index (χ2n) is 7.48. The summed E-state index contributed by atoms with van der Waals surface area (Å²) in [5, 5.41) is 2.99. The van der Waals surface area contributed by atoms with Gasteiger partial charge < -0.3 is 5.32 Å². The number of hydrogen-bond donors (Lipinski definition) is 1. The maximum absolute atomic E-state index is 12.5. The van der Waals surface area contributed by atoms with E-state index in [-0.39, 0.29) is 11.8 Å². The van der Waals surface area contributed by atoms with E-state index in [1.165, 1.54) is 42.1 Å². The fraction of sp³-hybridized carbons (Fsp3) is 0.632. The Labute approximate surface area is 156 Å². The van der Waals surface area contributed by atoms with Crippen molar-refractivity contribution in [2.45, 2.75) is 38.8 Å². The topological polar surface area (TPSA) is 69.7 Å². The van der Waals surface area contributed by atoms with Crippen LogP contribution in [0.3, 0.4) is 0 Å². The highest BCUT2D eigenvalue weighted by Crippen LogP contribution is 2.19. The highest BCUT2D eigenvalue weighted by Gasteiger charge is 2.29. The van der Waals surface area contributed by atoms with Crippen molar-refractivity contribution in [1.82, 2.24) is 14.5 Å². The average molecular weight is 380 g/mol. The first kappa shape index (κ1) is 19.3. The first-order chi connectivity index (χ1) is 12.4. The molecule has 0 radical (unpaired) electrons. The minimum Gasteiger partial charge on any atom is -0.352 e. The van der Waals surface area contributed by atoms with Crippen LogP contribution in [0.25, 0.3) is 0 Å². The van der Waals surface area contributed by atoms with Gasteiger partial charge in [0.25, 0.3) is 0 Å². The number of benzene rings is 1. The number of hydrogen-bond acceptors (Lipinski definition) is 4. The SMILES string of the molecule is CS(=O)(=O)N1CCC[C@H](C(=O)NCc2cccc(CN3CCCC3)c2)C1. The van der Waals surface area contributed by atoms with E-state index in [4.69, 9.17) is 0 Å². The molecule has 1 aromatic carbocycles. The molecule has 0 unspecified atom stereocenters. The van der Waals surface area contributed by atoms with Gasteiger partial charge >= 0.3 is 0 Å². The Kier molecular flexibility index (Phi) is 6.32. The van der Waals surface area contributed by atoms with Crippen LogP contribution >= 0.6 is 0 Å². The van der Waals surface area contributed by atoms with E-state index in [9.17, 15) is 13.2 Å². The normalized spacial score (nSPS) is 22.4. The highest BCUT2D eigenvalue weighted by molar-refractivity contribution is 7.88. The van der Waals surface area contributed by atoms with Gasteiger partial charge in [-0.3, -0.25) is 9.69 Å². The summed E-state index contributed by atoms with van der Waals surface area (Å²) in [6.45, 7) is 4.59. The number of carbonyl (C=O) groups is 1. The second kappa shape index (κ2) is 8.50. The van der Waals surface area contributed by atoms with Gasteiger partial charge in [-0.05, 0) is 49.9 Å². The molecule has 144 valence electrons. The van der Waals surface area contributed by atoms with Crippen LogP contribution < -0.4 is 5.32 Å². The molecule has 1 atom stereocenters. The van der Waals surface area contributed by atoms with Gasteiger partial charge in [0, 0.05) is 26.2 Å². The molecule has 6 nitrogen and oxygen atoms in total. The molecule has 0 spiro atoms. The van der Waals surface area contributed by atoms with Crippen molar-refractivity contribution in [3.63, 3.8) is 0 Å². The minimum atomic E-state index is -3.23. The van der Waals surface area contributed by atoms with E-state index in [0.717, 1.165) is 24.9 Å². The third-order valence-electron chi connectivity index (χ3n) is 5.29. The zero-order chi connectivity index (χ0) is 18.6. The summed E-state index contributed by atoms with van der Waals surface area (Å²) in [5.74, 6) is -0.311. The number of nitrogens with zero attached hydrogens (tertiary/aromatic N) is 2. The quantitative estimate of drug-likeness (QED) is 0.815. The van der Waals surface area contributed by atoms with E-state index in [2.05, 4.69) is 22.3 Å². The zero-order valence-corrected chi connectivity index (χ0v) is 16.3. The van der Waals surface area contributed by atoms with E-state index >= 15 is 0 Å². The Morgan fingerprint density at radius 2 is 1.88 bits per heavy atom. The Bertz CT molecular complexity index is 729. The predicted molar refractivity (Wildman–Crippen MR) is 102 cm³/mol. The molecular formula is C19H29N3O3S. The molecule has 2 aliphatic heterocycles. The highest BCUT2D eigenvalue weighted by atomic mass is 32.2. The monoisotopic (exact) mass is 379 g/mol. The van der Waals surface area contributed by atoms with Gasteiger partial charge in [0.1, 0.15) is 0 Å². The third-order valence-corrected chi connectivity index (χ3v) is 6.56. The van der Waals surface area contributed by atoms with Crippen LogP contribution in [0.5, 0.6) is 0 Å². The summed E-state index contributed by atoms with van der Waals surface area (Å²) in [5.41, 5.74) is 2.37. The molecule has 0 bridgehead atoms. The molecule has 0 aliphatic carbocycles. The lowest BCUT2D eigenvalue weighted by molar-refractivity contribution is -0.126. The summed E-state index contributed by atoms with van der Waals surface area (Å²) in [7, 11) is -3.23. The van der Waals surface area contributed by atoms with Crippen LogP contribution in [-0.4, -0.2) is 56.0 Å². The van der Waals surface area contributed by atoms with E-state index < -0.39 is 10.0 Å². The first-order valence-corrected chi connectivity index (χ1v) is 11.3. The molecule has 2 aliphatic rings. The first-order valence-electron chi connectivity index (χ1n) is 9.45. The third kappa shape index (κ3) is 5.28. The summed E-state index contributed by atoms with van der Waals surface area (Å²) in [6, 6.07) is 8.35. The molecule has 0 aromatic heterocycles. The molecule has 26 heavy (non-hydrogen) atoms. The average Bonchev–Trinajstić information content (AvgIpc) is 3.12. The fourth-order valence-electron chi connectivity index (χ4n) is 3.83. The number of nitrogens with one attached hydrogen (secondary N) is 1. The van der Waals surface area contributed by atoms with Crippen molar-refractivity contribution in [3.05, 3.63) is 35.4 Å². The van der Waals surface area contributed by atoms with Crippen LogP contribution in [0.15, 0.2) is 24.3 Å². The van der Waals surface area contributed by atoms with Gasteiger partial charge in [-0.25, -0.2) is 12.7 Å². The molecule has 7 heteroatoms. The Hall–Kier alpha value is -1.44. The lowest BCUT2D eigenvalue weighted by Crippen LogP contribution is -2.44.